The van der Waals surface area contributed by atoms with Crippen LogP contribution in [0.1, 0.15) is 18.2 Å². The van der Waals surface area contributed by atoms with Crippen molar-refractivity contribution < 1.29 is 4.74 Å². The Morgan fingerprint density at radius 3 is 2.78 bits per heavy atom. The summed E-state index contributed by atoms with van der Waals surface area (Å²) >= 11 is 0. The zero-order valence-electron chi connectivity index (χ0n) is 10.2. The molecule has 0 saturated heterocycles. The molecule has 0 bridgehead atoms. The molecule has 3 N–H and O–H groups in total. The molecule has 0 unspecified atom stereocenters. The Morgan fingerprint density at radius 2 is 2.06 bits per heavy atom. The highest BCUT2D eigenvalue weighted by Gasteiger charge is 2.03. The molecule has 4 heteroatoms. The Kier molecular flexibility index (Phi) is 3.57. The molecule has 0 aliphatic heterocycles. The summed E-state index contributed by atoms with van der Waals surface area (Å²) in [6, 6.07) is 13.0. The van der Waals surface area contributed by atoms with E-state index < -0.39 is 0 Å². The third-order valence-electron chi connectivity index (χ3n) is 2.53. The summed E-state index contributed by atoms with van der Waals surface area (Å²) in [4.78, 5) is 4.15. The minimum Gasteiger partial charge on any atom is -0.439 e. The van der Waals surface area contributed by atoms with Crippen LogP contribution >= 0.6 is 0 Å². The molecule has 92 valence electrons. The van der Waals surface area contributed by atoms with E-state index in [1.807, 2.05) is 24.3 Å². The smallest absolute Gasteiger partial charge is 0.219 e. The highest BCUT2D eigenvalue weighted by molar-refractivity contribution is 5.93. The first-order valence-electron chi connectivity index (χ1n) is 5.77. The summed E-state index contributed by atoms with van der Waals surface area (Å²) < 4.78 is 5.65. The van der Waals surface area contributed by atoms with Crippen molar-refractivity contribution in [2.45, 2.75) is 13.3 Å². The second-order valence-electron chi connectivity index (χ2n) is 3.88. The molecule has 2 aromatic rings. The minimum atomic E-state index is -0.0669. The maximum Gasteiger partial charge on any atom is 0.219 e. The molecule has 0 aliphatic rings. The lowest BCUT2D eigenvalue weighted by Gasteiger charge is -2.07. The molecule has 0 fully saturated rings. The third kappa shape index (κ3) is 2.85. The molecule has 0 aliphatic carbocycles. The van der Waals surface area contributed by atoms with Crippen LogP contribution in [-0.4, -0.2) is 10.8 Å². The molecule has 0 atom stereocenters. The SMILES string of the molecule is CCc1cccc(Oc2cccc(C(=N)N)n2)c1. The first-order chi connectivity index (χ1) is 8.69. The molecule has 0 radical (unpaired) electrons. The van der Waals surface area contributed by atoms with Gasteiger partial charge in [0.25, 0.3) is 0 Å². The molecule has 0 spiro atoms. The van der Waals surface area contributed by atoms with Gasteiger partial charge < -0.3 is 10.5 Å². The number of nitrogens with zero attached hydrogens (tertiary/aromatic N) is 1. The zero-order valence-corrected chi connectivity index (χ0v) is 10.2. The van der Waals surface area contributed by atoms with Gasteiger partial charge in [-0.15, -0.1) is 0 Å². The highest BCUT2D eigenvalue weighted by atomic mass is 16.5. The number of nitrogen functional groups attached to an aromatic ring is 1. The maximum absolute atomic E-state index is 7.34. The average molecular weight is 241 g/mol. The van der Waals surface area contributed by atoms with E-state index in [4.69, 9.17) is 15.9 Å². The number of hydrogen-bond acceptors (Lipinski definition) is 3. The van der Waals surface area contributed by atoms with E-state index in [0.29, 0.717) is 11.6 Å². The largest absolute Gasteiger partial charge is 0.439 e. The van der Waals surface area contributed by atoms with Gasteiger partial charge in [-0.3, -0.25) is 5.41 Å². The number of rotatable bonds is 4. The topological polar surface area (TPSA) is 72.0 Å². The van der Waals surface area contributed by atoms with Crippen molar-refractivity contribution in [1.82, 2.24) is 4.98 Å². The molecular weight excluding hydrogens is 226 g/mol. The number of nitrogens with two attached hydrogens (primary N) is 1. The molecule has 1 aromatic carbocycles. The molecule has 2 rings (SSSR count). The maximum atomic E-state index is 7.34. The van der Waals surface area contributed by atoms with E-state index in [-0.39, 0.29) is 5.84 Å². The summed E-state index contributed by atoms with van der Waals surface area (Å²) in [5.41, 5.74) is 7.01. The van der Waals surface area contributed by atoms with Crippen molar-refractivity contribution in [3.63, 3.8) is 0 Å². The predicted octanol–water partition coefficient (Wildman–Crippen LogP) is 2.72. The zero-order chi connectivity index (χ0) is 13.0. The summed E-state index contributed by atoms with van der Waals surface area (Å²) in [5, 5.41) is 7.34. The van der Waals surface area contributed by atoms with Crippen LogP contribution in [-0.2, 0) is 6.42 Å². The highest BCUT2D eigenvalue weighted by Crippen LogP contribution is 2.20. The number of hydrogen-bond donors (Lipinski definition) is 2. The Morgan fingerprint density at radius 1 is 1.28 bits per heavy atom. The van der Waals surface area contributed by atoms with Crippen molar-refractivity contribution in [2.24, 2.45) is 5.73 Å². The number of amidine groups is 1. The van der Waals surface area contributed by atoms with E-state index in [9.17, 15) is 0 Å². The van der Waals surface area contributed by atoms with Crippen molar-refractivity contribution in [1.29, 1.82) is 5.41 Å². The normalized spacial score (nSPS) is 10.1. The van der Waals surface area contributed by atoms with Crippen LogP contribution in [0.15, 0.2) is 42.5 Å². The van der Waals surface area contributed by atoms with Crippen molar-refractivity contribution >= 4 is 5.84 Å². The van der Waals surface area contributed by atoms with Crippen LogP contribution in [0.2, 0.25) is 0 Å². The van der Waals surface area contributed by atoms with Gasteiger partial charge in [0.1, 0.15) is 17.3 Å². The van der Waals surface area contributed by atoms with Crippen LogP contribution in [0.4, 0.5) is 0 Å². The van der Waals surface area contributed by atoms with Gasteiger partial charge in [-0.05, 0) is 30.2 Å². The predicted molar refractivity (Wildman–Crippen MR) is 71.1 cm³/mol. The molecule has 0 saturated carbocycles. The fourth-order valence-corrected chi connectivity index (χ4v) is 1.57. The Bertz CT molecular complexity index is 566. The number of benzene rings is 1. The lowest BCUT2D eigenvalue weighted by atomic mass is 10.2. The summed E-state index contributed by atoms with van der Waals surface area (Å²) in [6.07, 6.45) is 0.956. The first kappa shape index (κ1) is 12.1. The third-order valence-corrected chi connectivity index (χ3v) is 2.53. The molecule has 0 amide bonds. The van der Waals surface area contributed by atoms with Gasteiger partial charge in [-0.2, -0.15) is 0 Å². The van der Waals surface area contributed by atoms with Crippen LogP contribution in [0.3, 0.4) is 0 Å². The lowest BCUT2D eigenvalue weighted by molar-refractivity contribution is 0.462. The number of pyridine rings is 1. The van der Waals surface area contributed by atoms with Gasteiger partial charge in [0.05, 0.1) is 0 Å². The Labute approximate surface area is 106 Å². The molecule has 18 heavy (non-hydrogen) atoms. The second-order valence-corrected chi connectivity index (χ2v) is 3.88. The van der Waals surface area contributed by atoms with Crippen molar-refractivity contribution in [3.05, 3.63) is 53.7 Å². The van der Waals surface area contributed by atoms with Gasteiger partial charge >= 0.3 is 0 Å². The van der Waals surface area contributed by atoms with Crippen molar-refractivity contribution in [3.8, 4) is 11.6 Å². The van der Waals surface area contributed by atoms with Crippen molar-refractivity contribution in [2.75, 3.05) is 0 Å². The van der Waals surface area contributed by atoms with E-state index in [0.717, 1.165) is 12.2 Å². The van der Waals surface area contributed by atoms with E-state index >= 15 is 0 Å². The molecular formula is C14H15N3O. The van der Waals surface area contributed by atoms with Gasteiger partial charge in [0, 0.05) is 6.07 Å². The van der Waals surface area contributed by atoms with Crippen LogP contribution in [0.5, 0.6) is 11.6 Å². The lowest BCUT2D eigenvalue weighted by Crippen LogP contribution is -2.13. The standard InChI is InChI=1S/C14H15N3O/c1-2-10-5-3-6-11(9-10)18-13-8-4-7-12(17-13)14(15)16/h3-9H,2H2,1H3,(H3,15,16). The summed E-state index contributed by atoms with van der Waals surface area (Å²) in [7, 11) is 0. The average Bonchev–Trinajstić information content (AvgIpc) is 2.39. The van der Waals surface area contributed by atoms with E-state index in [1.165, 1.54) is 5.56 Å². The van der Waals surface area contributed by atoms with Gasteiger partial charge in [-0.25, -0.2) is 4.98 Å². The molecule has 4 nitrogen and oxygen atoms in total. The van der Waals surface area contributed by atoms with Gasteiger partial charge in [0.2, 0.25) is 5.88 Å². The number of nitrogens with one attached hydrogen (secondary N) is 1. The Hall–Kier alpha value is -2.36. The summed E-state index contributed by atoms with van der Waals surface area (Å²) in [5.74, 6) is 1.11. The first-order valence-corrected chi connectivity index (χ1v) is 5.77. The fraction of sp³-hybridized carbons (Fsp3) is 0.143. The number of ether oxygens (including phenoxy) is 1. The molecule has 1 aromatic heterocycles. The van der Waals surface area contributed by atoms with Gasteiger partial charge in [0.15, 0.2) is 0 Å². The van der Waals surface area contributed by atoms with Crippen LogP contribution in [0, 0.1) is 5.41 Å². The van der Waals surface area contributed by atoms with Crippen LogP contribution in [0.25, 0.3) is 0 Å². The number of aromatic nitrogens is 1. The quantitative estimate of drug-likeness (QED) is 0.638. The summed E-state index contributed by atoms with van der Waals surface area (Å²) in [6.45, 7) is 2.09. The minimum absolute atomic E-state index is 0.0669. The fourth-order valence-electron chi connectivity index (χ4n) is 1.57. The van der Waals surface area contributed by atoms with E-state index in [2.05, 4.69) is 11.9 Å². The van der Waals surface area contributed by atoms with Crippen LogP contribution < -0.4 is 10.5 Å². The van der Waals surface area contributed by atoms with E-state index in [1.54, 1.807) is 18.2 Å². The van der Waals surface area contributed by atoms with Gasteiger partial charge in [-0.1, -0.05) is 25.1 Å². The second kappa shape index (κ2) is 5.31. The molecule has 1 heterocycles. The monoisotopic (exact) mass is 241 g/mol. The number of aryl methyl sites for hydroxylation is 1. The Balaban J connectivity index is 2.22.